The van der Waals surface area contributed by atoms with Gasteiger partial charge in [-0.2, -0.15) is 18.4 Å². The summed E-state index contributed by atoms with van der Waals surface area (Å²) in [6.45, 7) is 1.74. The summed E-state index contributed by atoms with van der Waals surface area (Å²) in [5, 5.41) is 22.4. The molecule has 0 unspecified atom stereocenters. The first kappa shape index (κ1) is 19.2. The molecule has 2 aromatic rings. The summed E-state index contributed by atoms with van der Waals surface area (Å²) in [7, 11) is -2.65. The highest BCUT2D eigenvalue weighted by Crippen LogP contribution is 2.40. The standard InChI is InChI=1S/C15H14Cl2N2O5S/c1-8-3-4-11(24-2)12(5-8)25(22,23)19-18-7-9-6-10(16)15(21)13(17)14(9)20/h3-7,19-21H,1-2H3/b18-7+. The van der Waals surface area contributed by atoms with Crippen molar-refractivity contribution in [3.05, 3.63) is 45.4 Å². The Kier molecular flexibility index (Phi) is 5.66. The maximum Gasteiger partial charge on any atom is 0.280 e. The normalized spacial score (nSPS) is 11.7. The third-order valence-corrected chi connectivity index (χ3v) is 5.07. The number of methoxy groups -OCH3 is 1. The molecule has 0 aliphatic carbocycles. The maximum atomic E-state index is 12.4. The molecular weight excluding hydrogens is 391 g/mol. The van der Waals surface area contributed by atoms with Crippen molar-refractivity contribution in [2.45, 2.75) is 11.8 Å². The second kappa shape index (κ2) is 7.38. The first-order chi connectivity index (χ1) is 11.7. The molecule has 0 amide bonds. The van der Waals surface area contributed by atoms with Gasteiger partial charge in [-0.15, -0.1) is 0 Å². The minimum atomic E-state index is -4.01. The number of phenols is 2. The topological polar surface area (TPSA) is 108 Å². The van der Waals surface area contributed by atoms with Gasteiger partial charge in [-0.1, -0.05) is 29.3 Å². The van der Waals surface area contributed by atoms with E-state index < -0.39 is 21.5 Å². The Morgan fingerprint density at radius 1 is 1.20 bits per heavy atom. The largest absolute Gasteiger partial charge is 0.506 e. The molecule has 0 aromatic heterocycles. The van der Waals surface area contributed by atoms with Gasteiger partial charge in [-0.25, -0.2) is 0 Å². The third kappa shape index (κ3) is 4.09. The Bertz CT molecular complexity index is 945. The van der Waals surface area contributed by atoms with Gasteiger partial charge in [0.05, 0.1) is 18.3 Å². The van der Waals surface area contributed by atoms with Crippen molar-refractivity contribution in [1.29, 1.82) is 0 Å². The van der Waals surface area contributed by atoms with E-state index >= 15 is 0 Å². The van der Waals surface area contributed by atoms with Crippen LogP contribution in [0.3, 0.4) is 0 Å². The van der Waals surface area contributed by atoms with Crippen LogP contribution in [0, 0.1) is 6.92 Å². The van der Waals surface area contributed by atoms with Crippen LogP contribution in [0.5, 0.6) is 17.2 Å². The number of benzene rings is 2. The van der Waals surface area contributed by atoms with Gasteiger partial charge in [0.25, 0.3) is 10.0 Å². The van der Waals surface area contributed by atoms with Gasteiger partial charge in [0.2, 0.25) is 0 Å². The van der Waals surface area contributed by atoms with Gasteiger partial charge in [0.15, 0.2) is 5.75 Å². The summed E-state index contributed by atoms with van der Waals surface area (Å²) in [4.78, 5) is 1.92. The molecule has 0 aliphatic rings. The number of hydrazone groups is 1. The number of halogens is 2. The van der Waals surface area contributed by atoms with Crippen molar-refractivity contribution in [3.8, 4) is 17.2 Å². The molecule has 3 N–H and O–H groups in total. The quantitative estimate of drug-likeness (QED) is 0.524. The molecule has 2 rings (SSSR count). The Morgan fingerprint density at radius 3 is 2.52 bits per heavy atom. The van der Waals surface area contributed by atoms with Crippen molar-refractivity contribution < 1.29 is 23.4 Å². The van der Waals surface area contributed by atoms with Crippen LogP contribution in [0.2, 0.25) is 10.0 Å². The molecular formula is C15H14Cl2N2O5S. The highest BCUT2D eigenvalue weighted by molar-refractivity contribution is 7.89. The van der Waals surface area contributed by atoms with Crippen LogP contribution in [0.4, 0.5) is 0 Å². The van der Waals surface area contributed by atoms with Crippen LogP contribution >= 0.6 is 23.2 Å². The monoisotopic (exact) mass is 404 g/mol. The SMILES string of the molecule is COc1ccc(C)cc1S(=O)(=O)N/N=C/c1cc(Cl)c(O)c(Cl)c1O. The van der Waals surface area contributed by atoms with Crippen molar-refractivity contribution >= 4 is 39.4 Å². The first-order valence-corrected chi connectivity index (χ1v) is 9.00. The first-order valence-electron chi connectivity index (χ1n) is 6.76. The van der Waals surface area contributed by atoms with Gasteiger partial charge in [-0.3, -0.25) is 0 Å². The summed E-state index contributed by atoms with van der Waals surface area (Å²) in [6, 6.07) is 5.85. The summed E-state index contributed by atoms with van der Waals surface area (Å²) < 4.78 is 29.8. The number of hydrogen-bond donors (Lipinski definition) is 3. The molecule has 0 radical (unpaired) electrons. The summed E-state index contributed by atoms with van der Waals surface area (Å²) in [6.07, 6.45) is 1.01. The number of ether oxygens (including phenoxy) is 1. The molecule has 25 heavy (non-hydrogen) atoms. The summed E-state index contributed by atoms with van der Waals surface area (Å²) >= 11 is 11.5. The lowest BCUT2D eigenvalue weighted by Gasteiger charge is -2.10. The number of nitrogens with one attached hydrogen (secondary N) is 1. The lowest BCUT2D eigenvalue weighted by atomic mass is 10.2. The molecule has 0 saturated carbocycles. The smallest absolute Gasteiger partial charge is 0.280 e. The Morgan fingerprint density at radius 2 is 1.88 bits per heavy atom. The zero-order chi connectivity index (χ0) is 18.8. The van der Waals surface area contributed by atoms with E-state index in [1.807, 2.05) is 4.83 Å². The minimum absolute atomic E-state index is 0.0201. The third-order valence-electron chi connectivity index (χ3n) is 3.18. The van der Waals surface area contributed by atoms with E-state index in [1.165, 1.54) is 25.3 Å². The highest BCUT2D eigenvalue weighted by atomic mass is 35.5. The van der Waals surface area contributed by atoms with Crippen LogP contribution in [0.1, 0.15) is 11.1 Å². The van der Waals surface area contributed by atoms with Gasteiger partial charge >= 0.3 is 0 Å². The van der Waals surface area contributed by atoms with Crippen LogP contribution in [-0.4, -0.2) is 32.0 Å². The number of sulfonamides is 1. The lowest BCUT2D eigenvalue weighted by molar-refractivity contribution is 0.402. The molecule has 0 saturated heterocycles. The van der Waals surface area contributed by atoms with E-state index in [0.29, 0.717) is 0 Å². The van der Waals surface area contributed by atoms with Crippen molar-refractivity contribution in [1.82, 2.24) is 4.83 Å². The zero-order valence-corrected chi connectivity index (χ0v) is 15.4. The molecule has 2 aromatic carbocycles. The van der Waals surface area contributed by atoms with Crippen molar-refractivity contribution in [3.63, 3.8) is 0 Å². The molecule has 0 bridgehead atoms. The van der Waals surface area contributed by atoms with E-state index in [-0.39, 0.29) is 26.3 Å². The molecule has 0 aliphatic heterocycles. The fourth-order valence-corrected chi connectivity index (χ4v) is 3.44. The molecule has 0 atom stereocenters. The average molecular weight is 405 g/mol. The maximum absolute atomic E-state index is 12.4. The Labute approximate surface area is 154 Å². The van der Waals surface area contributed by atoms with Crippen molar-refractivity contribution in [2.75, 3.05) is 7.11 Å². The lowest BCUT2D eigenvalue weighted by Crippen LogP contribution is -2.19. The second-order valence-corrected chi connectivity index (χ2v) is 7.38. The van der Waals surface area contributed by atoms with E-state index in [4.69, 9.17) is 27.9 Å². The fourth-order valence-electron chi connectivity index (χ4n) is 1.92. The van der Waals surface area contributed by atoms with Gasteiger partial charge < -0.3 is 14.9 Å². The second-order valence-electron chi connectivity index (χ2n) is 4.97. The predicted octanol–water partition coefficient (Wildman–Crippen LogP) is 3.03. The number of phenolic OH excluding ortho intramolecular Hbond substituents is 2. The van der Waals surface area contributed by atoms with E-state index in [1.54, 1.807) is 13.0 Å². The highest BCUT2D eigenvalue weighted by Gasteiger charge is 2.19. The van der Waals surface area contributed by atoms with Gasteiger partial charge in [0, 0.05) is 5.56 Å². The number of aromatic hydroxyl groups is 2. The number of hydrogen-bond acceptors (Lipinski definition) is 6. The number of aryl methyl sites for hydroxylation is 1. The fraction of sp³-hybridized carbons (Fsp3) is 0.133. The van der Waals surface area contributed by atoms with E-state index in [9.17, 15) is 18.6 Å². The van der Waals surface area contributed by atoms with E-state index in [2.05, 4.69) is 5.10 Å². The van der Waals surface area contributed by atoms with Crippen LogP contribution in [0.15, 0.2) is 34.3 Å². The number of nitrogens with zero attached hydrogens (tertiary/aromatic N) is 1. The molecule has 134 valence electrons. The minimum Gasteiger partial charge on any atom is -0.506 e. The summed E-state index contributed by atoms with van der Waals surface area (Å²) in [5.41, 5.74) is 0.742. The number of rotatable bonds is 5. The van der Waals surface area contributed by atoms with Gasteiger partial charge in [0.1, 0.15) is 21.4 Å². The molecule has 0 fully saturated rings. The van der Waals surface area contributed by atoms with E-state index in [0.717, 1.165) is 11.8 Å². The zero-order valence-electron chi connectivity index (χ0n) is 13.1. The molecule has 0 spiro atoms. The van der Waals surface area contributed by atoms with Crippen LogP contribution in [0.25, 0.3) is 0 Å². The molecule has 0 heterocycles. The Balaban J connectivity index is 2.32. The van der Waals surface area contributed by atoms with Gasteiger partial charge in [-0.05, 0) is 30.7 Å². The molecule has 7 nitrogen and oxygen atoms in total. The molecule has 10 heteroatoms. The average Bonchev–Trinajstić information content (AvgIpc) is 2.57. The van der Waals surface area contributed by atoms with Crippen molar-refractivity contribution in [2.24, 2.45) is 5.10 Å². The van der Waals surface area contributed by atoms with Crippen LogP contribution in [-0.2, 0) is 10.0 Å². The van der Waals surface area contributed by atoms with Crippen LogP contribution < -0.4 is 9.57 Å². The Hall–Kier alpha value is -2.16. The predicted molar refractivity (Wildman–Crippen MR) is 95.4 cm³/mol. The summed E-state index contributed by atoms with van der Waals surface area (Å²) in [5.74, 6) is -0.811.